The lowest BCUT2D eigenvalue weighted by Gasteiger charge is -2.54. The lowest BCUT2D eigenvalue weighted by molar-refractivity contribution is -0.710. The second kappa shape index (κ2) is 22.6. The van der Waals surface area contributed by atoms with Crippen LogP contribution in [0.15, 0.2) is 52.6 Å². The van der Waals surface area contributed by atoms with Crippen LogP contribution in [-0.2, 0) is 40.9 Å². The molecule has 4 heterocycles. The maximum atomic E-state index is 13.6. The van der Waals surface area contributed by atoms with E-state index in [2.05, 4.69) is 70.2 Å². The van der Waals surface area contributed by atoms with Gasteiger partial charge in [-0.1, -0.05) is 94.2 Å². The number of carbonyl (C=O) groups excluding carboxylic acids is 1. The molecule has 0 radical (unpaired) electrons. The largest absolute Gasteiger partial charge is 1.00 e. The fourth-order valence-electron chi connectivity index (χ4n) is 21.9. The number of allylic oxidation sites excluding steroid dienone is 2. The highest BCUT2D eigenvalue weighted by atomic mass is 35.5. The summed E-state index contributed by atoms with van der Waals surface area (Å²) in [7, 11) is -6.30. The van der Waals surface area contributed by atoms with Gasteiger partial charge in [0.1, 0.15) is 18.8 Å². The van der Waals surface area contributed by atoms with Gasteiger partial charge in [0.2, 0.25) is 20.0 Å². The molecule has 4 saturated heterocycles. The van der Waals surface area contributed by atoms with Crippen molar-refractivity contribution < 1.29 is 53.6 Å². The fraction of sp³-hybridized carbons (Fsp3) is 0.833. The van der Waals surface area contributed by atoms with E-state index in [0.29, 0.717) is 71.0 Å². The van der Waals surface area contributed by atoms with Crippen LogP contribution in [0.3, 0.4) is 0 Å². The third-order valence-corrected chi connectivity index (χ3v) is 27.3. The summed E-state index contributed by atoms with van der Waals surface area (Å²) < 4.78 is 73.7. The summed E-state index contributed by atoms with van der Waals surface area (Å²) in [5.74, 6) is 7.67. The molecule has 15 heteroatoms. The SMILES string of the molecule is CC1=C2C[C@H]3[C@@H](CC[C@@H]4C[C@H](NS(C)(=O)=O)CC[C@@]43C)[C@@H]2CC[C@@]2(C1)O[C@@H]1C[C@H](C)CN(C(=O)OCc3ccccc3)[C@H]1[C@H]2C.CC1=C2C[C@H]3[C@@H](CC[C@@H]4C[C@H](NS(C)(=O)=O)CC[C@@]43C)[C@@H]2CC[C@@]2(C1)O[C@@H]1C[C@H](C)C[NH2+][C@H]1[C@H]2C.[Cl-]. The summed E-state index contributed by atoms with van der Waals surface area (Å²) in [6.45, 7) is 21.7. The van der Waals surface area contributed by atoms with Crippen molar-refractivity contribution in [1.82, 2.24) is 14.3 Å². The molecule has 1 amide bonds. The van der Waals surface area contributed by atoms with Gasteiger partial charge < -0.3 is 36.8 Å². The number of piperidine rings is 2. The predicted molar refractivity (Wildman–Crippen MR) is 315 cm³/mol. The van der Waals surface area contributed by atoms with Crippen LogP contribution in [0.1, 0.15) is 189 Å². The molecule has 4 aliphatic heterocycles. The molecule has 0 bridgehead atoms. The molecule has 4 N–H and O–H groups in total. The average molecular weight is 1180 g/mol. The van der Waals surface area contributed by atoms with Crippen LogP contribution in [0.4, 0.5) is 4.79 Å². The predicted octanol–water partition coefficient (Wildman–Crippen LogP) is 8.08. The summed E-state index contributed by atoms with van der Waals surface area (Å²) in [5.41, 5.74) is 8.21. The van der Waals surface area contributed by atoms with E-state index in [1.165, 1.54) is 95.3 Å². The fourth-order valence-corrected chi connectivity index (χ4v) is 23.5. The lowest BCUT2D eigenvalue weighted by Crippen LogP contribution is -3.00. The summed E-state index contributed by atoms with van der Waals surface area (Å²) in [5, 5.41) is 2.61. The molecule has 0 aromatic heterocycles. The minimum Gasteiger partial charge on any atom is -1.00 e. The first-order valence-corrected chi connectivity index (χ1v) is 36.1. The summed E-state index contributed by atoms with van der Waals surface area (Å²) in [6, 6.07) is 10.9. The van der Waals surface area contributed by atoms with E-state index in [4.69, 9.17) is 14.2 Å². The number of rotatable bonds is 6. The normalized spacial score (nSPS) is 46.3. The number of carbonyl (C=O) groups is 1. The lowest BCUT2D eigenvalue weighted by atomic mass is 9.52. The van der Waals surface area contributed by atoms with E-state index in [-0.39, 0.29) is 59.8 Å². The zero-order chi connectivity index (χ0) is 56.5. The van der Waals surface area contributed by atoms with Crippen molar-refractivity contribution in [2.24, 2.45) is 81.8 Å². The van der Waals surface area contributed by atoms with Gasteiger partial charge >= 0.3 is 6.09 Å². The first kappa shape index (κ1) is 60.6. The van der Waals surface area contributed by atoms with Crippen LogP contribution in [0.2, 0.25) is 0 Å². The average Bonchev–Trinajstić information content (AvgIpc) is 2.37. The number of hydrogen-bond donors (Lipinski definition) is 3. The molecule has 1 aromatic rings. The van der Waals surface area contributed by atoms with Crippen molar-refractivity contribution in [1.29, 1.82) is 0 Å². The Balaban J connectivity index is 0.000000173. The highest BCUT2D eigenvalue weighted by Crippen LogP contribution is 2.67. The van der Waals surface area contributed by atoms with E-state index < -0.39 is 20.0 Å². The Morgan fingerprint density at radius 3 is 1.70 bits per heavy atom. The van der Waals surface area contributed by atoms with Gasteiger partial charge in [0.05, 0.1) is 42.4 Å². The highest BCUT2D eigenvalue weighted by Gasteiger charge is 2.63. The third kappa shape index (κ3) is 11.3. The molecule has 2 spiro atoms. The first-order chi connectivity index (χ1) is 37.9. The molecule has 12 nitrogen and oxygen atoms in total. The van der Waals surface area contributed by atoms with E-state index in [1.807, 2.05) is 35.2 Å². The number of benzene rings is 1. The van der Waals surface area contributed by atoms with E-state index >= 15 is 0 Å². The van der Waals surface area contributed by atoms with Crippen molar-refractivity contribution >= 4 is 26.1 Å². The maximum Gasteiger partial charge on any atom is 0.410 e. The van der Waals surface area contributed by atoms with Crippen LogP contribution in [0.25, 0.3) is 0 Å². The number of sulfonamides is 2. The number of nitrogens with two attached hydrogens (primary N) is 1. The van der Waals surface area contributed by atoms with E-state index in [9.17, 15) is 21.6 Å². The van der Waals surface area contributed by atoms with Crippen molar-refractivity contribution in [3.63, 3.8) is 0 Å². The number of nitrogens with one attached hydrogen (secondary N) is 2. The topological polar surface area (TPSA) is 157 Å². The number of quaternary nitrogens is 1. The van der Waals surface area contributed by atoms with Gasteiger partial charge in [0.15, 0.2) is 0 Å². The monoisotopic (exact) mass is 1180 g/mol. The first-order valence-electron chi connectivity index (χ1n) is 32.3. The Morgan fingerprint density at radius 1 is 0.667 bits per heavy atom. The summed E-state index contributed by atoms with van der Waals surface area (Å²) in [6.07, 6.45) is 25.8. The molecule has 454 valence electrons. The third-order valence-electron chi connectivity index (χ3n) is 25.8. The number of likely N-dealkylation sites (tertiary alicyclic amines) is 1. The Kier molecular flexibility index (Phi) is 16.9. The second-order valence-electron chi connectivity index (χ2n) is 30.4. The van der Waals surface area contributed by atoms with Gasteiger partial charge in [-0.05, 0) is 212 Å². The van der Waals surface area contributed by atoms with Crippen molar-refractivity contribution in [2.75, 3.05) is 25.6 Å². The Morgan fingerprint density at radius 2 is 1.17 bits per heavy atom. The van der Waals surface area contributed by atoms with Crippen molar-refractivity contribution in [3.05, 3.63) is 58.2 Å². The molecule has 22 atom stereocenters. The van der Waals surface area contributed by atoms with Gasteiger partial charge in [-0.2, -0.15) is 0 Å². The van der Waals surface area contributed by atoms with Gasteiger partial charge in [0.25, 0.3) is 0 Å². The standard InChI is InChI=1S/C37H54N2O5S.C29H48N2O3S.ClH/c1-23-17-33-34(39(21-23)35(40)43-22-26-9-7-6-8-10-26)25(3)37(44-33)16-14-29-30-12-11-27-18-28(38-45(5,41)42)13-15-36(27,4)32(30)19-31(29)24(2)20-37;1-17-12-26-27(30-16-17)19(3)29(34-26)11-9-22-23-7-6-20-13-21(31-35(5,32)33)8-10-28(20,4)25(23)14-24(22)18(2)15-29;/h6-10,23,25,27-30,32-34,38H,11-22H2,1-5H3;17,19-23,25-27,30-31H,6-16H2,1-5H3;1H/t23-,25+,27+,28+,29-,30-,32-,33+,34-,36-,37-;17-,19+,20+,21+,22-,23-,25-,26+,27-,28-,29-;/m00./s1. The highest BCUT2D eigenvalue weighted by molar-refractivity contribution is 7.89. The zero-order valence-corrected chi connectivity index (χ0v) is 53.4. The minimum absolute atomic E-state index is 0. The number of nitrogens with zero attached hydrogens (tertiary/aromatic N) is 1. The van der Waals surface area contributed by atoms with Gasteiger partial charge in [-0.3, -0.25) is 0 Å². The van der Waals surface area contributed by atoms with E-state index in [1.54, 1.807) is 16.7 Å². The molecule has 8 aliphatic carbocycles. The van der Waals surface area contributed by atoms with Crippen LogP contribution >= 0.6 is 0 Å². The van der Waals surface area contributed by atoms with Crippen molar-refractivity contribution in [3.8, 4) is 0 Å². The molecule has 12 aliphatic rings. The van der Waals surface area contributed by atoms with E-state index in [0.717, 1.165) is 93.6 Å². The molecular weight excluding hydrogens is 1080 g/mol. The molecule has 6 saturated carbocycles. The van der Waals surface area contributed by atoms with Gasteiger partial charge in [0, 0.05) is 36.4 Å². The zero-order valence-electron chi connectivity index (χ0n) is 51.0. The smallest absolute Gasteiger partial charge is 0.410 e. The Bertz CT molecular complexity index is 2800. The van der Waals surface area contributed by atoms with Gasteiger partial charge in [-0.15, -0.1) is 0 Å². The maximum absolute atomic E-state index is 13.6. The molecule has 1 aromatic carbocycles. The molecular formula is C66H103ClN4O8S2. The molecule has 81 heavy (non-hydrogen) atoms. The minimum atomic E-state index is -3.18. The summed E-state index contributed by atoms with van der Waals surface area (Å²) in [4.78, 5) is 15.6. The summed E-state index contributed by atoms with van der Waals surface area (Å²) >= 11 is 0. The molecule has 10 fully saturated rings. The number of hydrogen-bond acceptors (Lipinski definition) is 8. The van der Waals surface area contributed by atoms with Crippen LogP contribution in [0.5, 0.6) is 0 Å². The molecule has 13 rings (SSSR count). The quantitative estimate of drug-likeness (QED) is 0.242. The number of amides is 1. The number of ether oxygens (including phenoxy) is 3. The van der Waals surface area contributed by atoms with Crippen LogP contribution in [0, 0.1) is 81.8 Å². The Hall–Kier alpha value is -2.04. The van der Waals surface area contributed by atoms with Crippen LogP contribution in [-0.4, -0.2) is 101 Å². The van der Waals surface area contributed by atoms with Gasteiger partial charge in [-0.25, -0.2) is 31.1 Å². The second-order valence-corrected chi connectivity index (χ2v) is 34.0. The number of halogens is 1. The Labute approximate surface area is 494 Å². The number of fused-ring (bicyclic) bond motifs is 12. The van der Waals surface area contributed by atoms with Crippen molar-refractivity contribution in [2.45, 2.75) is 238 Å². The van der Waals surface area contributed by atoms with Crippen LogP contribution < -0.4 is 27.2 Å². The molecule has 0 unspecified atom stereocenters.